The summed E-state index contributed by atoms with van der Waals surface area (Å²) in [6, 6.07) is 4.71. The smallest absolute Gasteiger partial charge is 0.106 e. The van der Waals surface area contributed by atoms with Crippen LogP contribution in [0.3, 0.4) is 0 Å². The van der Waals surface area contributed by atoms with Gasteiger partial charge in [-0.15, -0.1) is 0 Å². The number of hydrogen-bond acceptors (Lipinski definition) is 3. The lowest BCUT2D eigenvalue weighted by atomic mass is 9.94. The van der Waals surface area contributed by atoms with E-state index in [4.69, 9.17) is 0 Å². The van der Waals surface area contributed by atoms with Gasteiger partial charge in [-0.05, 0) is 44.4 Å². The summed E-state index contributed by atoms with van der Waals surface area (Å²) in [7, 11) is 0. The predicted octanol–water partition coefficient (Wildman–Crippen LogP) is 3.23. The van der Waals surface area contributed by atoms with Crippen LogP contribution in [0.2, 0.25) is 0 Å². The van der Waals surface area contributed by atoms with Crippen molar-refractivity contribution in [3.63, 3.8) is 0 Å². The number of rotatable bonds is 1. The molecule has 1 heterocycles. The molecule has 0 radical (unpaired) electrons. The highest BCUT2D eigenvalue weighted by Gasteiger charge is 2.24. The summed E-state index contributed by atoms with van der Waals surface area (Å²) in [5, 5.41) is 0. The average molecular weight is 234 g/mol. The van der Waals surface area contributed by atoms with Crippen LogP contribution in [-0.4, -0.2) is 16.7 Å². The molecular weight excluding hydrogens is 216 g/mol. The minimum Gasteiger partial charge on any atom is -0.305 e. The summed E-state index contributed by atoms with van der Waals surface area (Å²) in [5.41, 5.74) is 5.35. The van der Waals surface area contributed by atoms with Crippen LogP contribution in [0.5, 0.6) is 0 Å². The van der Waals surface area contributed by atoms with Crippen LogP contribution in [0.15, 0.2) is 17.1 Å². The van der Waals surface area contributed by atoms with E-state index < -0.39 is 0 Å². The van der Waals surface area contributed by atoms with Crippen molar-refractivity contribution in [1.82, 2.24) is 4.31 Å². The van der Waals surface area contributed by atoms with E-state index in [2.05, 4.69) is 50.7 Å². The summed E-state index contributed by atoms with van der Waals surface area (Å²) in [6.45, 7) is 9.35. The third-order valence-corrected chi connectivity index (χ3v) is 3.59. The fourth-order valence-corrected chi connectivity index (χ4v) is 2.71. The molecule has 1 atom stereocenters. The standard InChI is InChI=1S/C13H18N2S/c1-8-5-9(2)13(10(3)6-8)12-7-15(16)11(4)14-12/h5-6,12,16H,7H2,1-4H3. The van der Waals surface area contributed by atoms with Gasteiger partial charge in [0.25, 0.3) is 0 Å². The van der Waals surface area contributed by atoms with Gasteiger partial charge in [0, 0.05) is 0 Å². The van der Waals surface area contributed by atoms with E-state index in [-0.39, 0.29) is 6.04 Å². The molecule has 0 aromatic heterocycles. The van der Waals surface area contributed by atoms with Crippen molar-refractivity contribution in [1.29, 1.82) is 0 Å². The lowest BCUT2D eigenvalue weighted by molar-refractivity contribution is 0.635. The van der Waals surface area contributed by atoms with E-state index in [1.807, 2.05) is 11.2 Å². The van der Waals surface area contributed by atoms with Crippen molar-refractivity contribution in [3.05, 3.63) is 34.4 Å². The SMILES string of the molecule is CC1=NC(c2c(C)cc(C)cc2C)CN1S. The van der Waals surface area contributed by atoms with Crippen molar-refractivity contribution in [3.8, 4) is 0 Å². The molecule has 3 heteroatoms. The molecule has 1 aliphatic heterocycles. The highest BCUT2D eigenvalue weighted by Crippen LogP contribution is 2.31. The zero-order valence-electron chi connectivity index (χ0n) is 10.3. The number of amidine groups is 1. The first-order valence-electron chi connectivity index (χ1n) is 5.57. The van der Waals surface area contributed by atoms with Gasteiger partial charge in [-0.1, -0.05) is 30.5 Å². The molecule has 86 valence electrons. The van der Waals surface area contributed by atoms with Crippen LogP contribution in [0.1, 0.15) is 35.2 Å². The Labute approximate surface area is 103 Å². The molecule has 1 unspecified atom stereocenters. The Morgan fingerprint density at radius 2 is 1.75 bits per heavy atom. The maximum Gasteiger partial charge on any atom is 0.106 e. The molecule has 0 amide bonds. The highest BCUT2D eigenvalue weighted by atomic mass is 32.1. The second-order valence-electron chi connectivity index (χ2n) is 4.59. The molecule has 0 saturated heterocycles. The molecule has 2 nitrogen and oxygen atoms in total. The van der Waals surface area contributed by atoms with Gasteiger partial charge in [-0.25, -0.2) is 0 Å². The average Bonchev–Trinajstić information content (AvgIpc) is 2.44. The van der Waals surface area contributed by atoms with Crippen LogP contribution in [0.4, 0.5) is 0 Å². The van der Waals surface area contributed by atoms with Gasteiger partial charge in [0.05, 0.1) is 12.6 Å². The molecule has 0 spiro atoms. The topological polar surface area (TPSA) is 15.6 Å². The first kappa shape index (κ1) is 11.5. The largest absolute Gasteiger partial charge is 0.305 e. The Balaban J connectivity index is 2.43. The Kier molecular flexibility index (Phi) is 2.98. The van der Waals surface area contributed by atoms with Crippen LogP contribution in [-0.2, 0) is 0 Å². The maximum absolute atomic E-state index is 4.66. The van der Waals surface area contributed by atoms with Gasteiger partial charge < -0.3 is 4.31 Å². The lowest BCUT2D eigenvalue weighted by Crippen LogP contribution is -2.15. The number of aliphatic imine (C=N–C) groups is 1. The van der Waals surface area contributed by atoms with Gasteiger partial charge in [0.1, 0.15) is 5.84 Å². The van der Waals surface area contributed by atoms with Crippen LogP contribution < -0.4 is 0 Å². The molecule has 1 aromatic carbocycles. The minimum atomic E-state index is 0.248. The molecule has 0 fully saturated rings. The van der Waals surface area contributed by atoms with Crippen molar-refractivity contribution in [2.75, 3.05) is 6.54 Å². The highest BCUT2D eigenvalue weighted by molar-refractivity contribution is 7.78. The Hall–Kier alpha value is -0.960. The zero-order chi connectivity index (χ0) is 11.9. The second kappa shape index (κ2) is 4.13. The number of aryl methyl sites for hydroxylation is 3. The van der Waals surface area contributed by atoms with Crippen molar-refractivity contribution < 1.29 is 0 Å². The molecule has 1 aromatic rings. The third-order valence-electron chi connectivity index (χ3n) is 3.13. The number of nitrogens with zero attached hydrogens (tertiary/aromatic N) is 2. The van der Waals surface area contributed by atoms with Gasteiger partial charge in [-0.2, -0.15) is 0 Å². The molecule has 0 N–H and O–H groups in total. The van der Waals surface area contributed by atoms with Crippen LogP contribution in [0.25, 0.3) is 0 Å². The second-order valence-corrected chi connectivity index (χ2v) is 5.07. The molecule has 0 bridgehead atoms. The first-order chi connectivity index (χ1) is 7.49. The van der Waals surface area contributed by atoms with E-state index in [1.54, 1.807) is 0 Å². The van der Waals surface area contributed by atoms with Gasteiger partial charge in [0.15, 0.2) is 0 Å². The Bertz CT molecular complexity index is 428. The summed E-state index contributed by atoms with van der Waals surface area (Å²) < 4.78 is 1.92. The molecule has 0 aliphatic carbocycles. The van der Waals surface area contributed by atoms with E-state index >= 15 is 0 Å². The summed E-state index contributed by atoms with van der Waals surface area (Å²) >= 11 is 4.39. The van der Waals surface area contributed by atoms with E-state index in [1.165, 1.54) is 22.3 Å². The summed E-state index contributed by atoms with van der Waals surface area (Å²) in [5.74, 6) is 1.01. The number of benzene rings is 1. The number of hydrogen-bond donors (Lipinski definition) is 1. The maximum atomic E-state index is 4.66. The van der Waals surface area contributed by atoms with E-state index in [9.17, 15) is 0 Å². The Morgan fingerprint density at radius 3 is 2.19 bits per heavy atom. The monoisotopic (exact) mass is 234 g/mol. The minimum absolute atomic E-state index is 0.248. The molecule has 2 rings (SSSR count). The lowest BCUT2D eigenvalue weighted by Gasteiger charge is -2.16. The fraction of sp³-hybridized carbons (Fsp3) is 0.462. The zero-order valence-corrected chi connectivity index (χ0v) is 11.2. The first-order valence-corrected chi connectivity index (χ1v) is 5.97. The Morgan fingerprint density at radius 1 is 1.19 bits per heavy atom. The van der Waals surface area contributed by atoms with Crippen molar-refractivity contribution >= 4 is 18.7 Å². The van der Waals surface area contributed by atoms with Crippen LogP contribution >= 0.6 is 12.8 Å². The summed E-state index contributed by atoms with van der Waals surface area (Å²) in [4.78, 5) is 4.66. The van der Waals surface area contributed by atoms with Crippen molar-refractivity contribution in [2.45, 2.75) is 33.7 Å². The number of thiol groups is 1. The normalized spacial score (nSPS) is 20.2. The summed E-state index contributed by atoms with van der Waals surface area (Å²) in [6.07, 6.45) is 0. The van der Waals surface area contributed by atoms with Gasteiger partial charge >= 0.3 is 0 Å². The third kappa shape index (κ3) is 1.96. The fourth-order valence-electron chi connectivity index (χ4n) is 2.50. The van der Waals surface area contributed by atoms with Gasteiger partial charge in [-0.3, -0.25) is 4.99 Å². The quantitative estimate of drug-likeness (QED) is 0.738. The molecule has 0 saturated carbocycles. The van der Waals surface area contributed by atoms with E-state index in [0.29, 0.717) is 0 Å². The molecular formula is C13H18N2S. The molecule has 1 aliphatic rings. The van der Waals surface area contributed by atoms with Crippen molar-refractivity contribution in [2.24, 2.45) is 4.99 Å². The predicted molar refractivity (Wildman–Crippen MR) is 72.2 cm³/mol. The van der Waals surface area contributed by atoms with Crippen LogP contribution in [0, 0.1) is 20.8 Å². The van der Waals surface area contributed by atoms with E-state index in [0.717, 1.165) is 12.4 Å². The van der Waals surface area contributed by atoms with Gasteiger partial charge in [0.2, 0.25) is 0 Å². The molecule has 16 heavy (non-hydrogen) atoms.